The van der Waals surface area contributed by atoms with Gasteiger partial charge >= 0.3 is 0 Å². The average Bonchev–Trinajstić information content (AvgIpc) is 2.98. The molecule has 0 aliphatic carbocycles. The number of carbonyl (C=O) groups is 1. The standard InChI is InChI=1S/C18H13Cl2N3O/c19-12-6-4-10(5-7-12)17-16-14(11-2-1-3-13(20)8-11)9-15(24)21-18(16)23-22-17/h1-8,14H,9H2,(H2,21,22,23,24)/t14-/m0/s1. The molecule has 1 atom stereocenters. The number of H-pyrrole nitrogens is 1. The Morgan fingerprint density at radius 3 is 2.58 bits per heavy atom. The number of halogens is 2. The Morgan fingerprint density at radius 2 is 1.83 bits per heavy atom. The van der Waals surface area contributed by atoms with E-state index in [1.165, 1.54) is 0 Å². The number of aromatic amines is 1. The molecule has 24 heavy (non-hydrogen) atoms. The number of hydrogen-bond donors (Lipinski definition) is 2. The summed E-state index contributed by atoms with van der Waals surface area (Å²) in [6, 6.07) is 15.1. The van der Waals surface area contributed by atoms with Crippen molar-refractivity contribution in [2.24, 2.45) is 0 Å². The predicted molar refractivity (Wildman–Crippen MR) is 95.6 cm³/mol. The van der Waals surface area contributed by atoms with Gasteiger partial charge in [0.2, 0.25) is 5.91 Å². The lowest BCUT2D eigenvalue weighted by atomic mass is 9.84. The van der Waals surface area contributed by atoms with Crippen LogP contribution in [-0.2, 0) is 4.79 Å². The molecule has 0 radical (unpaired) electrons. The lowest BCUT2D eigenvalue weighted by Crippen LogP contribution is -2.23. The highest BCUT2D eigenvalue weighted by atomic mass is 35.5. The SMILES string of the molecule is O=C1C[C@@H](c2cccc(Cl)c2)c2c(n[nH]c2-c2ccc(Cl)cc2)N1. The van der Waals surface area contributed by atoms with Crippen LogP contribution >= 0.6 is 23.2 Å². The van der Waals surface area contributed by atoms with Gasteiger partial charge in [-0.1, -0.05) is 47.5 Å². The van der Waals surface area contributed by atoms with Crippen molar-refractivity contribution in [3.8, 4) is 11.3 Å². The number of carbonyl (C=O) groups excluding carboxylic acids is 1. The summed E-state index contributed by atoms with van der Waals surface area (Å²) in [5.41, 5.74) is 3.82. The summed E-state index contributed by atoms with van der Waals surface area (Å²) in [7, 11) is 0. The van der Waals surface area contributed by atoms with E-state index in [1.54, 1.807) is 0 Å². The van der Waals surface area contributed by atoms with Gasteiger partial charge in [-0.2, -0.15) is 5.10 Å². The summed E-state index contributed by atoms with van der Waals surface area (Å²) in [4.78, 5) is 12.1. The number of benzene rings is 2. The maximum atomic E-state index is 12.1. The highest BCUT2D eigenvalue weighted by molar-refractivity contribution is 6.31. The van der Waals surface area contributed by atoms with Crippen LogP contribution in [0.1, 0.15) is 23.5 Å². The molecule has 0 unspecified atom stereocenters. The first kappa shape index (κ1) is 15.2. The molecule has 120 valence electrons. The van der Waals surface area contributed by atoms with E-state index in [-0.39, 0.29) is 11.8 Å². The van der Waals surface area contributed by atoms with E-state index in [4.69, 9.17) is 23.2 Å². The van der Waals surface area contributed by atoms with Crippen LogP contribution in [0.15, 0.2) is 48.5 Å². The minimum absolute atomic E-state index is 0.0540. The Balaban J connectivity index is 1.87. The molecule has 0 saturated heterocycles. The smallest absolute Gasteiger partial charge is 0.226 e. The van der Waals surface area contributed by atoms with Crippen molar-refractivity contribution in [3.63, 3.8) is 0 Å². The van der Waals surface area contributed by atoms with E-state index < -0.39 is 0 Å². The van der Waals surface area contributed by atoms with Crippen molar-refractivity contribution in [2.45, 2.75) is 12.3 Å². The molecule has 1 aliphatic heterocycles. The molecule has 6 heteroatoms. The van der Waals surface area contributed by atoms with E-state index in [9.17, 15) is 4.79 Å². The molecule has 2 heterocycles. The summed E-state index contributed by atoms with van der Waals surface area (Å²) in [5, 5.41) is 11.5. The van der Waals surface area contributed by atoms with Gasteiger partial charge in [0.1, 0.15) is 0 Å². The average molecular weight is 358 g/mol. The second-order valence-electron chi connectivity index (χ2n) is 5.73. The van der Waals surface area contributed by atoms with Crippen molar-refractivity contribution in [1.29, 1.82) is 0 Å². The monoisotopic (exact) mass is 357 g/mol. The van der Waals surface area contributed by atoms with E-state index >= 15 is 0 Å². The number of nitrogens with one attached hydrogen (secondary N) is 2. The van der Waals surface area contributed by atoms with Crippen molar-refractivity contribution in [3.05, 3.63) is 69.7 Å². The number of anilines is 1. The normalized spacial score (nSPS) is 16.6. The largest absolute Gasteiger partial charge is 0.309 e. The zero-order chi connectivity index (χ0) is 16.7. The fraction of sp³-hybridized carbons (Fsp3) is 0.111. The third kappa shape index (κ3) is 2.68. The van der Waals surface area contributed by atoms with Crippen LogP contribution in [0.4, 0.5) is 5.82 Å². The van der Waals surface area contributed by atoms with Gasteiger partial charge in [0.05, 0.1) is 5.69 Å². The molecule has 1 amide bonds. The highest BCUT2D eigenvalue weighted by Crippen LogP contribution is 2.42. The number of amides is 1. The molecular formula is C18H13Cl2N3O. The molecule has 1 aliphatic rings. The minimum Gasteiger partial charge on any atom is -0.309 e. The van der Waals surface area contributed by atoms with Crippen molar-refractivity contribution in [1.82, 2.24) is 10.2 Å². The maximum absolute atomic E-state index is 12.1. The Hall–Kier alpha value is -2.30. The van der Waals surface area contributed by atoms with E-state index in [0.717, 1.165) is 22.4 Å². The first-order valence-corrected chi connectivity index (χ1v) is 8.27. The molecular weight excluding hydrogens is 345 g/mol. The van der Waals surface area contributed by atoms with Gasteiger partial charge in [0.25, 0.3) is 0 Å². The molecule has 2 aromatic carbocycles. The van der Waals surface area contributed by atoms with Crippen LogP contribution in [0.25, 0.3) is 11.3 Å². The number of aromatic nitrogens is 2. The number of hydrogen-bond acceptors (Lipinski definition) is 2. The van der Waals surface area contributed by atoms with Crippen LogP contribution in [0.2, 0.25) is 10.0 Å². The quantitative estimate of drug-likeness (QED) is 0.688. The number of nitrogens with zero attached hydrogens (tertiary/aromatic N) is 1. The first-order valence-electron chi connectivity index (χ1n) is 7.51. The third-order valence-electron chi connectivity index (χ3n) is 4.18. The van der Waals surface area contributed by atoms with Gasteiger partial charge < -0.3 is 5.32 Å². The van der Waals surface area contributed by atoms with Crippen LogP contribution < -0.4 is 5.32 Å². The second-order valence-corrected chi connectivity index (χ2v) is 6.60. The summed E-state index contributed by atoms with van der Waals surface area (Å²) in [6.07, 6.45) is 0.355. The topological polar surface area (TPSA) is 57.8 Å². The van der Waals surface area contributed by atoms with Gasteiger partial charge in [-0.25, -0.2) is 0 Å². The van der Waals surface area contributed by atoms with Crippen LogP contribution in [0.3, 0.4) is 0 Å². The third-order valence-corrected chi connectivity index (χ3v) is 4.67. The minimum atomic E-state index is -0.100. The van der Waals surface area contributed by atoms with Gasteiger partial charge in [-0.05, 0) is 29.8 Å². The Labute approximate surface area is 148 Å². The summed E-state index contributed by atoms with van der Waals surface area (Å²) in [5.74, 6) is 0.416. The molecule has 0 fully saturated rings. The van der Waals surface area contributed by atoms with Gasteiger partial charge in [-0.15, -0.1) is 0 Å². The molecule has 3 aromatic rings. The van der Waals surface area contributed by atoms with E-state index in [2.05, 4.69) is 15.5 Å². The maximum Gasteiger partial charge on any atom is 0.226 e. The molecule has 4 rings (SSSR count). The van der Waals surface area contributed by atoms with Crippen molar-refractivity contribution < 1.29 is 4.79 Å². The molecule has 0 bridgehead atoms. The summed E-state index contributed by atoms with van der Waals surface area (Å²) >= 11 is 12.1. The molecule has 2 N–H and O–H groups in total. The number of fused-ring (bicyclic) bond motifs is 1. The Kier molecular flexibility index (Phi) is 3.79. The zero-order valence-corrected chi connectivity index (χ0v) is 14.0. The fourth-order valence-electron chi connectivity index (χ4n) is 3.10. The fourth-order valence-corrected chi connectivity index (χ4v) is 3.42. The summed E-state index contributed by atoms with van der Waals surface area (Å²) < 4.78 is 0. The number of rotatable bonds is 2. The molecule has 4 nitrogen and oxygen atoms in total. The van der Waals surface area contributed by atoms with Crippen LogP contribution in [0.5, 0.6) is 0 Å². The highest BCUT2D eigenvalue weighted by Gasteiger charge is 2.32. The van der Waals surface area contributed by atoms with E-state index in [1.807, 2.05) is 48.5 Å². The van der Waals surface area contributed by atoms with Gasteiger partial charge in [0.15, 0.2) is 5.82 Å². The van der Waals surface area contributed by atoms with Crippen molar-refractivity contribution in [2.75, 3.05) is 5.32 Å². The molecule has 0 spiro atoms. The Bertz CT molecular complexity index is 918. The zero-order valence-electron chi connectivity index (χ0n) is 12.5. The summed E-state index contributed by atoms with van der Waals surface area (Å²) in [6.45, 7) is 0. The van der Waals surface area contributed by atoms with Gasteiger partial charge in [0, 0.05) is 33.5 Å². The first-order chi connectivity index (χ1) is 11.6. The lowest BCUT2D eigenvalue weighted by Gasteiger charge is -2.23. The van der Waals surface area contributed by atoms with E-state index in [0.29, 0.717) is 22.3 Å². The van der Waals surface area contributed by atoms with Crippen LogP contribution in [0, 0.1) is 0 Å². The Morgan fingerprint density at radius 1 is 1.04 bits per heavy atom. The predicted octanol–water partition coefficient (Wildman–Crippen LogP) is 4.86. The van der Waals surface area contributed by atoms with Gasteiger partial charge in [-0.3, -0.25) is 9.89 Å². The van der Waals surface area contributed by atoms with Crippen molar-refractivity contribution >= 4 is 34.9 Å². The lowest BCUT2D eigenvalue weighted by molar-refractivity contribution is -0.116. The molecule has 0 saturated carbocycles. The van der Waals surface area contributed by atoms with Crippen LogP contribution in [-0.4, -0.2) is 16.1 Å². The second kappa shape index (κ2) is 5.96. The molecule has 1 aromatic heterocycles.